The number of hydrogen-bond acceptors (Lipinski definition) is 4. The molecule has 0 atom stereocenters. The zero-order chi connectivity index (χ0) is 14.3. The quantitative estimate of drug-likeness (QED) is 0.689. The van der Waals surface area contributed by atoms with Gasteiger partial charge in [-0.2, -0.15) is 9.78 Å². The number of fused-ring (bicyclic) bond motifs is 1. The van der Waals surface area contributed by atoms with Crippen LogP contribution in [-0.4, -0.2) is 21.1 Å². The lowest BCUT2D eigenvalue weighted by atomic mass is 10.3. The van der Waals surface area contributed by atoms with Crippen molar-refractivity contribution in [3.63, 3.8) is 0 Å². The highest BCUT2D eigenvalue weighted by atomic mass is 35.5. The van der Waals surface area contributed by atoms with Crippen molar-refractivity contribution in [1.82, 2.24) is 14.8 Å². The van der Waals surface area contributed by atoms with Gasteiger partial charge in [0.1, 0.15) is 10.8 Å². The summed E-state index contributed by atoms with van der Waals surface area (Å²) in [5.41, 5.74) is -0.226. The largest absolute Gasteiger partial charge is 0.298 e. The van der Waals surface area contributed by atoms with E-state index in [1.165, 1.54) is 11.3 Å². The highest BCUT2D eigenvalue weighted by molar-refractivity contribution is 7.20. The number of aldehydes is 1. The zero-order valence-electron chi connectivity index (χ0n) is 9.76. The number of halogens is 3. The third kappa shape index (κ3) is 1.99. The van der Waals surface area contributed by atoms with Gasteiger partial charge in [-0.15, -0.1) is 0 Å². The number of aromatic nitrogens is 3. The number of carbonyl (C=O) groups is 1. The van der Waals surface area contributed by atoms with Crippen molar-refractivity contribution in [2.24, 2.45) is 0 Å². The predicted octanol–water partition coefficient (Wildman–Crippen LogP) is 3.89. The van der Waals surface area contributed by atoms with Crippen molar-refractivity contribution in [2.75, 3.05) is 0 Å². The van der Waals surface area contributed by atoms with Gasteiger partial charge in [-0.05, 0) is 12.1 Å². The maximum atomic E-state index is 12.8. The molecule has 0 unspecified atom stereocenters. The number of benzene rings is 1. The molecule has 3 aromatic rings. The van der Waals surface area contributed by atoms with Crippen LogP contribution in [0.5, 0.6) is 0 Å². The first-order valence-corrected chi connectivity index (χ1v) is 6.69. The van der Waals surface area contributed by atoms with Crippen LogP contribution in [-0.2, 0) is 0 Å². The topological polar surface area (TPSA) is 47.8 Å². The Balaban J connectivity index is 2.21. The molecule has 1 aromatic carbocycles. The minimum absolute atomic E-state index is 0.158. The van der Waals surface area contributed by atoms with Crippen LogP contribution in [0.25, 0.3) is 15.3 Å². The molecule has 8 heteroatoms. The van der Waals surface area contributed by atoms with Gasteiger partial charge in [-0.3, -0.25) is 4.79 Å². The van der Waals surface area contributed by atoms with Gasteiger partial charge in [0.05, 0.1) is 15.8 Å². The first-order chi connectivity index (χ1) is 9.61. The van der Waals surface area contributed by atoms with E-state index in [1.54, 1.807) is 6.07 Å². The Kier molecular flexibility index (Phi) is 3.23. The number of hydrogen-bond donors (Lipinski definition) is 0. The van der Waals surface area contributed by atoms with E-state index in [0.29, 0.717) is 10.6 Å². The Morgan fingerprint density at radius 2 is 2.10 bits per heavy atom. The average molecular weight is 314 g/mol. The number of nitrogens with zero attached hydrogens (tertiary/aromatic N) is 3. The van der Waals surface area contributed by atoms with Crippen molar-refractivity contribution in [2.45, 2.75) is 6.43 Å². The minimum Gasteiger partial charge on any atom is -0.298 e. The van der Waals surface area contributed by atoms with E-state index in [-0.39, 0.29) is 17.0 Å². The van der Waals surface area contributed by atoms with Crippen LogP contribution in [0.1, 0.15) is 22.5 Å². The summed E-state index contributed by atoms with van der Waals surface area (Å²) in [6.45, 7) is 0. The summed E-state index contributed by atoms with van der Waals surface area (Å²) in [6.07, 6.45) is -2.59. The van der Waals surface area contributed by atoms with Gasteiger partial charge >= 0.3 is 0 Å². The van der Waals surface area contributed by atoms with Crippen LogP contribution in [0.4, 0.5) is 8.78 Å². The fourth-order valence-corrected chi connectivity index (χ4v) is 3.01. The molecule has 4 nitrogen and oxygen atoms in total. The monoisotopic (exact) mass is 313 g/mol. The number of alkyl halides is 2. The summed E-state index contributed by atoms with van der Waals surface area (Å²) < 4.78 is 27.6. The molecule has 0 aliphatic carbocycles. The first kappa shape index (κ1) is 13.1. The molecule has 2 aromatic heterocycles. The SMILES string of the molecule is O=Cc1c(C(F)F)nn(-c2nc3ccccc3s2)c1Cl. The predicted molar refractivity (Wildman–Crippen MR) is 72.1 cm³/mol. The summed E-state index contributed by atoms with van der Waals surface area (Å²) in [5.74, 6) is 0. The second-order valence-electron chi connectivity index (χ2n) is 3.88. The molecule has 0 radical (unpaired) electrons. The molecular weight excluding hydrogens is 308 g/mol. The van der Waals surface area contributed by atoms with E-state index in [9.17, 15) is 13.6 Å². The van der Waals surface area contributed by atoms with E-state index < -0.39 is 12.1 Å². The fraction of sp³-hybridized carbons (Fsp3) is 0.0833. The minimum atomic E-state index is -2.87. The summed E-state index contributed by atoms with van der Waals surface area (Å²) in [5, 5.41) is 3.88. The summed E-state index contributed by atoms with van der Waals surface area (Å²) in [6, 6.07) is 7.30. The number of para-hydroxylation sites is 1. The normalized spacial score (nSPS) is 11.4. The van der Waals surface area contributed by atoms with E-state index in [0.717, 1.165) is 9.38 Å². The molecule has 0 fully saturated rings. The Bertz CT molecular complexity index is 766. The van der Waals surface area contributed by atoms with Crippen LogP contribution in [0.3, 0.4) is 0 Å². The van der Waals surface area contributed by atoms with Crippen LogP contribution in [0.15, 0.2) is 24.3 Å². The van der Waals surface area contributed by atoms with Crippen LogP contribution in [0.2, 0.25) is 5.15 Å². The summed E-state index contributed by atoms with van der Waals surface area (Å²) >= 11 is 7.19. The van der Waals surface area contributed by atoms with Crippen molar-refractivity contribution in [3.05, 3.63) is 40.7 Å². The van der Waals surface area contributed by atoms with Crippen LogP contribution >= 0.6 is 22.9 Å². The second-order valence-corrected chi connectivity index (χ2v) is 5.25. The number of rotatable bonds is 3. The smallest absolute Gasteiger partial charge is 0.282 e. The van der Waals surface area contributed by atoms with Crippen LogP contribution in [0, 0.1) is 0 Å². The molecule has 0 saturated heterocycles. The van der Waals surface area contributed by atoms with Gasteiger partial charge in [-0.25, -0.2) is 13.8 Å². The Labute approximate surface area is 120 Å². The van der Waals surface area contributed by atoms with Crippen molar-refractivity contribution in [1.29, 1.82) is 0 Å². The maximum Gasteiger partial charge on any atom is 0.282 e. The Hall–Kier alpha value is -1.86. The highest BCUT2D eigenvalue weighted by Gasteiger charge is 2.24. The second kappa shape index (κ2) is 4.92. The molecule has 0 spiro atoms. The summed E-state index contributed by atoms with van der Waals surface area (Å²) in [4.78, 5) is 15.1. The van der Waals surface area contributed by atoms with Gasteiger partial charge in [-0.1, -0.05) is 35.1 Å². The Morgan fingerprint density at radius 1 is 1.35 bits per heavy atom. The molecule has 0 bridgehead atoms. The lowest BCUT2D eigenvalue weighted by molar-refractivity contribution is 0.110. The maximum absolute atomic E-state index is 12.8. The van der Waals surface area contributed by atoms with E-state index in [1.807, 2.05) is 18.2 Å². The standard InChI is InChI=1S/C12H6ClF2N3OS/c13-10-6(5-19)9(11(14)15)17-18(10)12-16-7-3-1-2-4-8(7)20-12/h1-5,11H. The molecule has 0 amide bonds. The first-order valence-electron chi connectivity index (χ1n) is 5.49. The molecule has 0 N–H and O–H groups in total. The van der Waals surface area contributed by atoms with Crippen molar-refractivity contribution in [3.8, 4) is 5.13 Å². The third-order valence-electron chi connectivity index (χ3n) is 2.68. The highest BCUT2D eigenvalue weighted by Crippen LogP contribution is 2.31. The van der Waals surface area contributed by atoms with Gasteiger partial charge < -0.3 is 0 Å². The Morgan fingerprint density at radius 3 is 2.70 bits per heavy atom. The van der Waals surface area contributed by atoms with E-state index >= 15 is 0 Å². The lowest BCUT2D eigenvalue weighted by Gasteiger charge is -1.95. The van der Waals surface area contributed by atoms with Gasteiger partial charge in [0.2, 0.25) is 5.13 Å². The summed E-state index contributed by atoms with van der Waals surface area (Å²) in [7, 11) is 0. The van der Waals surface area contributed by atoms with Gasteiger partial charge in [0, 0.05) is 0 Å². The molecule has 20 heavy (non-hydrogen) atoms. The average Bonchev–Trinajstić information content (AvgIpc) is 2.98. The number of thiazole rings is 1. The molecule has 0 saturated carbocycles. The van der Waals surface area contributed by atoms with E-state index in [2.05, 4.69) is 10.1 Å². The molecule has 2 heterocycles. The zero-order valence-corrected chi connectivity index (χ0v) is 11.3. The molecule has 102 valence electrons. The molecule has 0 aliphatic rings. The van der Waals surface area contributed by atoms with Crippen molar-refractivity contribution >= 4 is 39.4 Å². The van der Waals surface area contributed by atoms with Crippen molar-refractivity contribution < 1.29 is 13.6 Å². The lowest BCUT2D eigenvalue weighted by Crippen LogP contribution is -1.96. The fourth-order valence-electron chi connectivity index (χ4n) is 1.77. The van der Waals surface area contributed by atoms with E-state index in [4.69, 9.17) is 11.6 Å². The molecular formula is C12H6ClF2N3OS. The third-order valence-corrected chi connectivity index (χ3v) is 4.06. The van der Waals surface area contributed by atoms with Gasteiger partial charge in [0.25, 0.3) is 6.43 Å². The molecule has 0 aliphatic heterocycles. The number of carbonyl (C=O) groups excluding carboxylic acids is 1. The molecule has 3 rings (SSSR count). The van der Waals surface area contributed by atoms with Crippen LogP contribution < -0.4 is 0 Å². The van der Waals surface area contributed by atoms with Gasteiger partial charge in [0.15, 0.2) is 6.29 Å².